The molecule has 2 aromatic rings. The maximum atomic E-state index is 12.4. The standard InChI is InChI=1S/C17H22BN4O7/c19-14(11-5-20-8-21-11)16(23)22-6-10(7-22)28-12-2-1-9-3-4-18(26,27)29-15(9)13(12)17(24)25/h1-2,5,8,10,14,17,24-27H,3-4,6-7,19H2,(H,20,21)/q-1/t14-/m1/s1. The summed E-state index contributed by atoms with van der Waals surface area (Å²) in [5, 5.41) is 39.2. The Bertz CT molecular complexity index is 899. The van der Waals surface area contributed by atoms with Crippen molar-refractivity contribution in [1.29, 1.82) is 0 Å². The van der Waals surface area contributed by atoms with Crippen LogP contribution >= 0.6 is 0 Å². The van der Waals surface area contributed by atoms with E-state index in [0.717, 1.165) is 0 Å². The first-order valence-electron chi connectivity index (χ1n) is 9.25. The molecule has 3 heterocycles. The smallest absolute Gasteiger partial charge is 0.430 e. The Labute approximate surface area is 165 Å². The molecule has 1 amide bonds. The number of hydrogen-bond donors (Lipinski definition) is 6. The molecule has 0 unspecified atom stereocenters. The van der Waals surface area contributed by atoms with Crippen molar-refractivity contribution in [2.75, 3.05) is 13.1 Å². The molecule has 4 rings (SSSR count). The van der Waals surface area contributed by atoms with E-state index in [0.29, 0.717) is 17.7 Å². The third-order valence-electron chi connectivity index (χ3n) is 5.17. The minimum absolute atomic E-state index is 0.00210. The number of nitrogens with two attached hydrogens (primary N) is 1. The van der Waals surface area contributed by atoms with Gasteiger partial charge in [-0.3, -0.25) is 4.79 Å². The maximum Gasteiger partial charge on any atom is 0.430 e. The molecule has 1 saturated heterocycles. The van der Waals surface area contributed by atoms with Crippen LogP contribution in [0.3, 0.4) is 0 Å². The van der Waals surface area contributed by atoms with E-state index in [1.165, 1.54) is 17.4 Å². The number of aliphatic hydroxyl groups is 2. The van der Waals surface area contributed by atoms with Crippen LogP contribution in [0.4, 0.5) is 0 Å². The fourth-order valence-electron chi connectivity index (χ4n) is 3.54. The number of nitrogens with one attached hydrogen (secondary N) is 1. The Morgan fingerprint density at radius 1 is 1.38 bits per heavy atom. The van der Waals surface area contributed by atoms with Crippen LogP contribution < -0.4 is 15.1 Å². The zero-order chi connectivity index (χ0) is 20.8. The van der Waals surface area contributed by atoms with Crippen molar-refractivity contribution in [3.63, 3.8) is 0 Å². The number of rotatable bonds is 5. The molecule has 156 valence electrons. The summed E-state index contributed by atoms with van der Waals surface area (Å²) in [5.74, 6) is -0.136. The Morgan fingerprint density at radius 3 is 2.79 bits per heavy atom. The van der Waals surface area contributed by atoms with Gasteiger partial charge in [0.25, 0.3) is 0 Å². The van der Waals surface area contributed by atoms with Crippen molar-refractivity contribution in [1.82, 2.24) is 14.9 Å². The topological polar surface area (TPSA) is 174 Å². The fraction of sp³-hybridized carbons (Fsp3) is 0.412. The highest BCUT2D eigenvalue weighted by molar-refractivity contribution is 6.58. The summed E-state index contributed by atoms with van der Waals surface area (Å²) in [5.41, 5.74) is 6.98. The molecule has 0 aliphatic carbocycles. The highest BCUT2D eigenvalue weighted by Gasteiger charge is 2.37. The number of aromatic nitrogens is 2. The molecule has 1 atom stereocenters. The van der Waals surface area contributed by atoms with Gasteiger partial charge in [-0.25, -0.2) is 4.98 Å². The maximum absolute atomic E-state index is 12.4. The molecule has 1 fully saturated rings. The molecule has 0 spiro atoms. The summed E-state index contributed by atoms with van der Waals surface area (Å²) in [4.78, 5) is 20.6. The van der Waals surface area contributed by atoms with Gasteiger partial charge in [-0.15, -0.1) is 0 Å². The van der Waals surface area contributed by atoms with Crippen molar-refractivity contribution in [2.24, 2.45) is 5.73 Å². The van der Waals surface area contributed by atoms with Crippen molar-refractivity contribution in [2.45, 2.75) is 31.2 Å². The van der Waals surface area contributed by atoms with E-state index in [-0.39, 0.29) is 48.5 Å². The Hall–Kier alpha value is -2.64. The Balaban J connectivity index is 1.45. The monoisotopic (exact) mass is 405 g/mol. The normalized spacial score (nSPS) is 19.3. The number of fused-ring (bicyclic) bond motifs is 1. The highest BCUT2D eigenvalue weighted by atomic mass is 16.6. The second-order valence-corrected chi connectivity index (χ2v) is 7.32. The van der Waals surface area contributed by atoms with Crippen LogP contribution in [0.1, 0.15) is 29.2 Å². The zero-order valence-corrected chi connectivity index (χ0v) is 15.4. The zero-order valence-electron chi connectivity index (χ0n) is 15.4. The van der Waals surface area contributed by atoms with E-state index < -0.39 is 19.1 Å². The van der Waals surface area contributed by atoms with Gasteiger partial charge in [-0.1, -0.05) is 12.4 Å². The first-order chi connectivity index (χ1) is 13.7. The number of carbonyl (C=O) groups is 1. The van der Waals surface area contributed by atoms with E-state index in [4.69, 9.17) is 15.1 Å². The average molecular weight is 405 g/mol. The Morgan fingerprint density at radius 2 is 2.14 bits per heavy atom. The van der Waals surface area contributed by atoms with Crippen LogP contribution in [0.5, 0.6) is 11.5 Å². The predicted octanol–water partition coefficient (Wildman–Crippen LogP) is -1.46. The Kier molecular flexibility index (Phi) is 4.96. The molecular weight excluding hydrogens is 383 g/mol. The van der Waals surface area contributed by atoms with Crippen LogP contribution in [-0.2, 0) is 11.2 Å². The molecule has 2 aliphatic rings. The summed E-state index contributed by atoms with van der Waals surface area (Å²) in [6, 6.07) is 2.40. The number of aromatic amines is 1. The molecule has 29 heavy (non-hydrogen) atoms. The van der Waals surface area contributed by atoms with Crippen LogP contribution in [0, 0.1) is 0 Å². The number of nitrogens with zero attached hydrogens (tertiary/aromatic N) is 2. The van der Waals surface area contributed by atoms with Gasteiger partial charge < -0.3 is 45.3 Å². The summed E-state index contributed by atoms with van der Waals surface area (Å²) < 4.78 is 11.0. The van der Waals surface area contributed by atoms with Crippen LogP contribution in [0.2, 0.25) is 6.32 Å². The molecule has 11 nitrogen and oxygen atoms in total. The average Bonchev–Trinajstić information content (AvgIpc) is 3.16. The first kappa shape index (κ1) is 19.7. The molecule has 0 bridgehead atoms. The molecule has 7 N–H and O–H groups in total. The number of ether oxygens (including phenoxy) is 1. The number of benzene rings is 1. The van der Waals surface area contributed by atoms with E-state index in [2.05, 4.69) is 9.97 Å². The van der Waals surface area contributed by atoms with Crippen molar-refractivity contribution in [3.05, 3.63) is 41.5 Å². The molecular formula is C17H22BN4O7-. The second-order valence-electron chi connectivity index (χ2n) is 7.32. The molecule has 0 saturated carbocycles. The first-order valence-corrected chi connectivity index (χ1v) is 9.25. The summed E-state index contributed by atoms with van der Waals surface area (Å²) >= 11 is 0. The van der Waals surface area contributed by atoms with Gasteiger partial charge in [0.1, 0.15) is 17.9 Å². The number of hydrogen-bond acceptors (Lipinski definition) is 9. The molecule has 1 aromatic carbocycles. The highest BCUT2D eigenvalue weighted by Crippen LogP contribution is 2.41. The van der Waals surface area contributed by atoms with Crippen LogP contribution in [0.25, 0.3) is 0 Å². The second kappa shape index (κ2) is 7.32. The number of H-pyrrole nitrogens is 1. The van der Waals surface area contributed by atoms with E-state index in [1.807, 2.05) is 0 Å². The predicted molar refractivity (Wildman–Crippen MR) is 99.5 cm³/mol. The molecule has 2 aliphatic heterocycles. The third-order valence-corrected chi connectivity index (χ3v) is 5.17. The van der Waals surface area contributed by atoms with E-state index in [1.54, 1.807) is 12.1 Å². The number of likely N-dealkylation sites (tertiary alicyclic amines) is 1. The van der Waals surface area contributed by atoms with Gasteiger partial charge in [-0.2, -0.15) is 0 Å². The number of aliphatic hydroxyl groups excluding tert-OH is 1. The van der Waals surface area contributed by atoms with Gasteiger partial charge in [0.15, 0.2) is 6.29 Å². The SMILES string of the molecule is N[C@@H](C(=O)N1CC(Oc2ccc3c(c2C(O)O)O[B-](O)(O)CC3)C1)c1cnc[nH]1. The lowest BCUT2D eigenvalue weighted by Crippen LogP contribution is -2.58. The number of carbonyl (C=O) groups excluding carboxylic acids is 1. The lowest BCUT2D eigenvalue weighted by atomic mass is 9.70. The fourth-order valence-corrected chi connectivity index (χ4v) is 3.54. The lowest BCUT2D eigenvalue weighted by Gasteiger charge is -2.41. The van der Waals surface area contributed by atoms with Gasteiger partial charge in [-0.05, 0) is 18.1 Å². The van der Waals surface area contributed by atoms with Crippen LogP contribution in [0.15, 0.2) is 24.7 Å². The van der Waals surface area contributed by atoms with E-state index >= 15 is 0 Å². The minimum Gasteiger partial charge on any atom is -0.670 e. The summed E-state index contributed by atoms with van der Waals surface area (Å²) in [7, 11) is 0. The molecule has 1 aromatic heterocycles. The number of amides is 1. The van der Waals surface area contributed by atoms with Crippen molar-refractivity contribution < 1.29 is 34.4 Å². The number of aryl methyl sites for hydroxylation is 1. The van der Waals surface area contributed by atoms with Crippen molar-refractivity contribution in [3.8, 4) is 11.5 Å². The van der Waals surface area contributed by atoms with Gasteiger partial charge in [0.2, 0.25) is 5.91 Å². The minimum atomic E-state index is -3.07. The van der Waals surface area contributed by atoms with Crippen LogP contribution in [-0.4, -0.2) is 67.0 Å². The molecule has 12 heteroatoms. The van der Waals surface area contributed by atoms with Gasteiger partial charge in [0, 0.05) is 0 Å². The van der Waals surface area contributed by atoms with Gasteiger partial charge in [0.05, 0.1) is 42.6 Å². The third kappa shape index (κ3) is 3.80. The molecule has 0 radical (unpaired) electrons. The van der Waals surface area contributed by atoms with Crippen molar-refractivity contribution >= 4 is 12.7 Å². The number of imidazole rings is 1. The summed E-state index contributed by atoms with van der Waals surface area (Å²) in [6.07, 6.45) is 0.951. The summed E-state index contributed by atoms with van der Waals surface area (Å²) in [6.45, 7) is -2.52. The van der Waals surface area contributed by atoms with Gasteiger partial charge >= 0.3 is 6.75 Å². The lowest BCUT2D eigenvalue weighted by molar-refractivity contribution is -0.141. The van der Waals surface area contributed by atoms with E-state index in [9.17, 15) is 25.1 Å². The largest absolute Gasteiger partial charge is 0.670 e. The quantitative estimate of drug-likeness (QED) is 0.257.